The van der Waals surface area contributed by atoms with Gasteiger partial charge in [0.2, 0.25) is 17.7 Å². The fraction of sp³-hybridized carbons (Fsp3) is 0.531. The van der Waals surface area contributed by atoms with E-state index in [0.717, 1.165) is 31.7 Å². The Morgan fingerprint density at radius 1 is 1.14 bits per heavy atom. The number of amides is 1. The summed E-state index contributed by atoms with van der Waals surface area (Å²) in [6.07, 6.45) is 0.957. The number of benzene rings is 1. The number of halogens is 3. The van der Waals surface area contributed by atoms with E-state index in [9.17, 15) is 22.8 Å². The number of rotatable bonds is 12. The van der Waals surface area contributed by atoms with Gasteiger partial charge >= 0.3 is 6.18 Å². The van der Waals surface area contributed by atoms with Crippen LogP contribution in [0.25, 0.3) is 0 Å². The Kier molecular flexibility index (Phi) is 10.8. The molecule has 44 heavy (non-hydrogen) atoms. The third-order valence-corrected chi connectivity index (χ3v) is 7.89. The summed E-state index contributed by atoms with van der Waals surface area (Å²) in [6, 6.07) is 4.87. The van der Waals surface area contributed by atoms with E-state index >= 15 is 0 Å². The highest BCUT2D eigenvalue weighted by Crippen LogP contribution is 2.39. The molecular weight excluding hydrogens is 577 g/mol. The first-order chi connectivity index (χ1) is 20.9. The van der Waals surface area contributed by atoms with E-state index in [2.05, 4.69) is 22.0 Å². The molecule has 0 radical (unpaired) electrons. The third-order valence-electron chi connectivity index (χ3n) is 7.89. The van der Waals surface area contributed by atoms with Crippen LogP contribution in [0, 0.1) is 11.8 Å². The van der Waals surface area contributed by atoms with Gasteiger partial charge in [-0.2, -0.15) is 18.2 Å². The second kappa shape index (κ2) is 14.3. The number of hydrogen-bond donors (Lipinski definition) is 0. The van der Waals surface area contributed by atoms with Gasteiger partial charge in [0.25, 0.3) is 0 Å². The Bertz CT molecular complexity index is 1430. The number of alkyl halides is 3. The monoisotopic (exact) mass is 616 g/mol. The Hall–Kier alpha value is -3.80. The van der Waals surface area contributed by atoms with Crippen LogP contribution in [0.4, 0.5) is 18.9 Å². The fourth-order valence-electron chi connectivity index (χ4n) is 5.39. The lowest BCUT2D eigenvalue weighted by Crippen LogP contribution is -2.45. The summed E-state index contributed by atoms with van der Waals surface area (Å²) >= 11 is 0. The molecule has 1 saturated carbocycles. The first-order valence-electron chi connectivity index (χ1n) is 14.9. The maximum atomic E-state index is 14.1. The van der Waals surface area contributed by atoms with Gasteiger partial charge in [0.1, 0.15) is 11.3 Å². The lowest BCUT2D eigenvalue weighted by molar-refractivity contribution is -0.139. The molecule has 0 aliphatic heterocycles. The molecule has 1 aliphatic rings. The highest BCUT2D eigenvalue weighted by Gasteiger charge is 2.36. The molecule has 0 saturated heterocycles. The molecule has 0 N–H and O–H groups in total. The van der Waals surface area contributed by atoms with Gasteiger partial charge in [-0.3, -0.25) is 9.59 Å². The lowest BCUT2D eigenvalue weighted by Gasteiger charge is -2.35. The molecule has 1 aliphatic carbocycles. The van der Waals surface area contributed by atoms with Gasteiger partial charge in [-0.15, -0.1) is 0 Å². The van der Waals surface area contributed by atoms with Gasteiger partial charge < -0.3 is 18.9 Å². The van der Waals surface area contributed by atoms with Crippen LogP contribution in [0.2, 0.25) is 0 Å². The number of carbonyl (C=O) groups excluding carboxylic acids is 2. The molecule has 2 heterocycles. The number of anilines is 1. The summed E-state index contributed by atoms with van der Waals surface area (Å²) in [5.41, 5.74) is -0.288. The van der Waals surface area contributed by atoms with Crippen molar-refractivity contribution >= 4 is 17.9 Å². The van der Waals surface area contributed by atoms with Crippen molar-refractivity contribution in [2.24, 2.45) is 11.8 Å². The van der Waals surface area contributed by atoms with E-state index in [4.69, 9.17) is 14.0 Å². The number of aromatic nitrogens is 3. The van der Waals surface area contributed by atoms with Crippen LogP contribution in [-0.2, 0) is 28.5 Å². The maximum Gasteiger partial charge on any atom is 0.421 e. The number of hydrogen-bond acceptors (Lipinski definition) is 8. The molecular formula is C32H39F3N4O5. The SMILES string of the molecule is COC[C@H](C)N(c1ccc(Oc2ncc(CCc3nc(C(C)C)no3)cc2C(F)(F)F)cc1C=O)C(=O)[C@H]1CC[C@H](C)CC1. The molecule has 2 aromatic heterocycles. The van der Waals surface area contributed by atoms with E-state index in [-0.39, 0.29) is 54.5 Å². The smallest absolute Gasteiger partial charge is 0.421 e. The molecule has 1 atom stereocenters. The zero-order chi connectivity index (χ0) is 32.0. The van der Waals surface area contributed by atoms with E-state index < -0.39 is 17.6 Å². The zero-order valence-corrected chi connectivity index (χ0v) is 25.7. The molecule has 0 spiro atoms. The lowest BCUT2D eigenvalue weighted by atomic mass is 9.82. The molecule has 9 nitrogen and oxygen atoms in total. The van der Waals surface area contributed by atoms with Crippen LogP contribution in [0.15, 0.2) is 35.0 Å². The zero-order valence-electron chi connectivity index (χ0n) is 25.7. The topological polar surface area (TPSA) is 108 Å². The first-order valence-corrected chi connectivity index (χ1v) is 14.9. The van der Waals surface area contributed by atoms with Gasteiger partial charge in [-0.05, 0) is 74.8 Å². The Morgan fingerprint density at radius 3 is 2.48 bits per heavy atom. The third kappa shape index (κ3) is 8.02. The summed E-state index contributed by atoms with van der Waals surface area (Å²) in [5.74, 6) is 0.519. The molecule has 3 aromatic rings. The maximum absolute atomic E-state index is 14.1. The Balaban J connectivity index is 1.58. The van der Waals surface area contributed by atoms with Gasteiger partial charge in [0.15, 0.2) is 12.1 Å². The van der Waals surface area contributed by atoms with Crippen molar-refractivity contribution < 1.29 is 36.8 Å². The minimum Gasteiger partial charge on any atom is -0.438 e. The molecule has 0 unspecified atom stereocenters. The second-order valence-corrected chi connectivity index (χ2v) is 11.8. The number of nitrogens with zero attached hydrogens (tertiary/aromatic N) is 4. The molecule has 0 bridgehead atoms. The van der Waals surface area contributed by atoms with Crippen molar-refractivity contribution in [1.29, 1.82) is 0 Å². The quantitative estimate of drug-likeness (QED) is 0.197. The first kappa shape index (κ1) is 33.1. The van der Waals surface area contributed by atoms with Crippen LogP contribution in [0.5, 0.6) is 11.6 Å². The fourth-order valence-corrected chi connectivity index (χ4v) is 5.39. The molecule has 238 valence electrons. The van der Waals surface area contributed by atoms with Crippen LogP contribution >= 0.6 is 0 Å². The van der Waals surface area contributed by atoms with Crippen molar-refractivity contribution in [2.45, 2.75) is 84.4 Å². The van der Waals surface area contributed by atoms with Crippen LogP contribution in [0.3, 0.4) is 0 Å². The average Bonchev–Trinajstić information content (AvgIpc) is 3.47. The normalized spacial score (nSPS) is 17.8. The van der Waals surface area contributed by atoms with Gasteiger partial charge in [-0.1, -0.05) is 25.9 Å². The average molecular weight is 617 g/mol. The standard InChI is InChI=1S/C32H39F3N4O5/c1-19(2)29-37-28(44-38-29)13-8-22-14-26(32(33,34)35)30(36-16-22)43-25-11-12-27(24(15-25)17-40)39(21(4)18-42-5)31(41)23-9-6-20(3)7-10-23/h11-12,14-17,19-21,23H,6-10,13,18H2,1-5H3/t20-,21-,23-/m0/s1. The second-order valence-electron chi connectivity index (χ2n) is 11.8. The number of ether oxygens (including phenoxy) is 2. The highest BCUT2D eigenvalue weighted by atomic mass is 19.4. The van der Waals surface area contributed by atoms with E-state index in [0.29, 0.717) is 35.2 Å². The summed E-state index contributed by atoms with van der Waals surface area (Å²) in [6.45, 7) is 8.05. The number of aldehydes is 1. The van der Waals surface area contributed by atoms with Crippen LogP contribution in [0.1, 0.15) is 92.5 Å². The van der Waals surface area contributed by atoms with E-state index in [1.807, 2.05) is 20.8 Å². The summed E-state index contributed by atoms with van der Waals surface area (Å²) < 4.78 is 58.3. The van der Waals surface area contributed by atoms with Crippen molar-refractivity contribution in [1.82, 2.24) is 15.1 Å². The van der Waals surface area contributed by atoms with Crippen molar-refractivity contribution in [3.8, 4) is 11.6 Å². The number of pyridine rings is 1. The highest BCUT2D eigenvalue weighted by molar-refractivity contribution is 6.00. The van der Waals surface area contributed by atoms with E-state index in [1.54, 1.807) is 4.90 Å². The summed E-state index contributed by atoms with van der Waals surface area (Å²) in [4.78, 5) is 35.7. The number of carbonyl (C=O) groups is 2. The van der Waals surface area contributed by atoms with Crippen molar-refractivity contribution in [3.63, 3.8) is 0 Å². The Morgan fingerprint density at radius 2 is 1.86 bits per heavy atom. The van der Waals surface area contributed by atoms with E-state index in [1.165, 1.54) is 31.5 Å². The predicted octanol–water partition coefficient (Wildman–Crippen LogP) is 7.19. The number of methoxy groups -OCH3 is 1. The minimum absolute atomic E-state index is 0.0213. The van der Waals surface area contributed by atoms with Crippen LogP contribution < -0.4 is 9.64 Å². The summed E-state index contributed by atoms with van der Waals surface area (Å²) in [5, 5.41) is 3.88. The molecule has 1 aromatic carbocycles. The number of aryl methyl sites for hydroxylation is 2. The molecule has 12 heteroatoms. The minimum atomic E-state index is -4.75. The van der Waals surface area contributed by atoms with Crippen LogP contribution in [-0.4, -0.2) is 47.1 Å². The Labute approximate surface area is 255 Å². The predicted molar refractivity (Wildman–Crippen MR) is 157 cm³/mol. The van der Waals surface area contributed by atoms with Gasteiger partial charge in [-0.25, -0.2) is 4.98 Å². The largest absolute Gasteiger partial charge is 0.438 e. The van der Waals surface area contributed by atoms with Crippen molar-refractivity contribution in [3.05, 3.63) is 58.9 Å². The molecule has 1 fully saturated rings. The van der Waals surface area contributed by atoms with Crippen molar-refractivity contribution in [2.75, 3.05) is 18.6 Å². The molecule has 1 amide bonds. The van der Waals surface area contributed by atoms with Gasteiger partial charge in [0, 0.05) is 37.1 Å². The summed E-state index contributed by atoms with van der Waals surface area (Å²) in [7, 11) is 1.53. The van der Waals surface area contributed by atoms with Gasteiger partial charge in [0.05, 0.1) is 18.3 Å². The molecule has 4 rings (SSSR count).